The predicted molar refractivity (Wildman–Crippen MR) is 118 cm³/mol. The molecule has 0 saturated heterocycles. The number of carbonyl (C=O) groups is 1. The smallest absolute Gasteiger partial charge is 0.261 e. The maximum absolute atomic E-state index is 12.9. The molecule has 7 heteroatoms. The summed E-state index contributed by atoms with van der Waals surface area (Å²) in [7, 11) is 0. The van der Waals surface area contributed by atoms with Crippen LogP contribution in [0.15, 0.2) is 53.3 Å². The molecule has 2 unspecified atom stereocenters. The number of aromatic nitrogens is 3. The van der Waals surface area contributed by atoms with Crippen LogP contribution in [-0.2, 0) is 10.2 Å². The van der Waals surface area contributed by atoms with Crippen LogP contribution >= 0.6 is 0 Å². The molecule has 164 valence electrons. The Bertz CT molecular complexity index is 1010. The highest BCUT2D eigenvalue weighted by Gasteiger charge is 2.27. The van der Waals surface area contributed by atoms with Crippen molar-refractivity contribution in [3.05, 3.63) is 60.2 Å². The molecule has 2 atom stereocenters. The summed E-state index contributed by atoms with van der Waals surface area (Å²) in [6.07, 6.45) is 2.65. The van der Waals surface area contributed by atoms with E-state index in [0.717, 1.165) is 11.1 Å². The largest absolute Gasteiger partial charge is 0.481 e. The van der Waals surface area contributed by atoms with E-state index in [1.54, 1.807) is 31.5 Å². The van der Waals surface area contributed by atoms with Crippen molar-refractivity contribution in [2.75, 3.05) is 0 Å². The fraction of sp³-hybridized carbons (Fsp3) is 0.417. The molecule has 3 aromatic rings. The van der Waals surface area contributed by atoms with Crippen molar-refractivity contribution in [2.24, 2.45) is 5.92 Å². The number of nitrogens with one attached hydrogen (secondary N) is 1. The van der Waals surface area contributed by atoms with Crippen LogP contribution in [0.3, 0.4) is 0 Å². The van der Waals surface area contributed by atoms with Gasteiger partial charge in [-0.2, -0.15) is 4.98 Å². The third-order valence-corrected chi connectivity index (χ3v) is 4.99. The Labute approximate surface area is 183 Å². The number of hydrogen-bond acceptors (Lipinski definition) is 6. The van der Waals surface area contributed by atoms with Crippen LogP contribution in [0, 0.1) is 5.92 Å². The monoisotopic (exact) mass is 422 g/mol. The highest BCUT2D eigenvalue weighted by molar-refractivity contribution is 5.81. The van der Waals surface area contributed by atoms with Gasteiger partial charge in [-0.05, 0) is 48.1 Å². The Kier molecular flexibility index (Phi) is 6.73. The van der Waals surface area contributed by atoms with E-state index in [1.165, 1.54) is 0 Å². The standard InChI is InChI=1S/C24H30N4O3/c1-15(2)20(23-27-21(28-31-23)17-10-12-25-13-11-17)26-22(29)16(3)30-19-9-7-8-18(14-19)24(4,5)6/h7-16,20H,1-6H3,(H,26,29). The van der Waals surface area contributed by atoms with Crippen molar-refractivity contribution in [2.45, 2.75) is 59.1 Å². The van der Waals surface area contributed by atoms with E-state index in [1.807, 2.05) is 32.0 Å². The maximum Gasteiger partial charge on any atom is 0.261 e. The molecule has 1 N–H and O–H groups in total. The van der Waals surface area contributed by atoms with Gasteiger partial charge in [-0.3, -0.25) is 9.78 Å². The minimum atomic E-state index is -0.681. The second kappa shape index (κ2) is 9.29. The molecule has 1 amide bonds. The van der Waals surface area contributed by atoms with Crippen molar-refractivity contribution < 1.29 is 14.1 Å². The van der Waals surface area contributed by atoms with Gasteiger partial charge in [0.25, 0.3) is 5.91 Å². The first-order valence-corrected chi connectivity index (χ1v) is 10.5. The van der Waals surface area contributed by atoms with Crippen LogP contribution in [0.5, 0.6) is 5.75 Å². The molecule has 0 aliphatic heterocycles. The second-order valence-corrected chi connectivity index (χ2v) is 8.96. The summed E-state index contributed by atoms with van der Waals surface area (Å²) in [4.78, 5) is 21.3. The van der Waals surface area contributed by atoms with E-state index in [0.29, 0.717) is 17.5 Å². The lowest BCUT2D eigenvalue weighted by molar-refractivity contribution is -0.128. The highest BCUT2D eigenvalue weighted by atomic mass is 16.5. The van der Waals surface area contributed by atoms with Crippen LogP contribution in [0.2, 0.25) is 0 Å². The van der Waals surface area contributed by atoms with Gasteiger partial charge in [0.1, 0.15) is 11.8 Å². The van der Waals surface area contributed by atoms with Crippen molar-refractivity contribution in [3.8, 4) is 17.1 Å². The number of benzene rings is 1. The number of carbonyl (C=O) groups excluding carboxylic acids is 1. The van der Waals surface area contributed by atoms with Crippen molar-refractivity contribution in [3.63, 3.8) is 0 Å². The lowest BCUT2D eigenvalue weighted by Crippen LogP contribution is -2.40. The van der Waals surface area contributed by atoms with Crippen LogP contribution in [-0.4, -0.2) is 27.1 Å². The molecule has 2 aromatic heterocycles. The highest BCUT2D eigenvalue weighted by Crippen LogP contribution is 2.27. The minimum absolute atomic E-state index is 0.00190. The molecule has 1 aromatic carbocycles. The molecule has 31 heavy (non-hydrogen) atoms. The molecule has 0 saturated carbocycles. The number of hydrogen-bond donors (Lipinski definition) is 1. The van der Waals surface area contributed by atoms with Gasteiger partial charge in [0.15, 0.2) is 6.10 Å². The SMILES string of the molecule is CC(Oc1cccc(C(C)(C)C)c1)C(=O)NC(c1nc(-c2ccncc2)no1)C(C)C. The third kappa shape index (κ3) is 5.69. The van der Waals surface area contributed by atoms with Crippen LogP contribution in [0.1, 0.15) is 59.0 Å². The summed E-state index contributed by atoms with van der Waals surface area (Å²) >= 11 is 0. The first-order chi connectivity index (χ1) is 14.6. The summed E-state index contributed by atoms with van der Waals surface area (Å²) in [5, 5.41) is 7.04. The molecule has 0 fully saturated rings. The third-order valence-electron chi connectivity index (χ3n) is 4.99. The lowest BCUT2D eigenvalue weighted by Gasteiger charge is -2.23. The fourth-order valence-electron chi connectivity index (χ4n) is 3.06. The lowest BCUT2D eigenvalue weighted by atomic mass is 9.87. The number of ether oxygens (including phenoxy) is 1. The number of nitrogens with zero attached hydrogens (tertiary/aromatic N) is 3. The maximum atomic E-state index is 12.9. The topological polar surface area (TPSA) is 90.1 Å². The van der Waals surface area contributed by atoms with E-state index >= 15 is 0 Å². The summed E-state index contributed by atoms with van der Waals surface area (Å²) < 4.78 is 11.4. The van der Waals surface area contributed by atoms with Crippen LogP contribution in [0.4, 0.5) is 0 Å². The molecule has 3 rings (SSSR count). The zero-order chi connectivity index (χ0) is 22.6. The van der Waals surface area contributed by atoms with Gasteiger partial charge in [0.05, 0.1) is 0 Å². The Morgan fingerprint density at radius 3 is 2.45 bits per heavy atom. The average molecular weight is 423 g/mol. The van der Waals surface area contributed by atoms with E-state index in [4.69, 9.17) is 9.26 Å². The van der Waals surface area contributed by atoms with E-state index in [-0.39, 0.29) is 17.2 Å². The van der Waals surface area contributed by atoms with Crippen molar-refractivity contribution in [1.29, 1.82) is 0 Å². The Hall–Kier alpha value is -3.22. The van der Waals surface area contributed by atoms with E-state index in [2.05, 4.69) is 47.3 Å². The Morgan fingerprint density at radius 2 is 1.81 bits per heavy atom. The fourth-order valence-corrected chi connectivity index (χ4v) is 3.06. The molecule has 7 nitrogen and oxygen atoms in total. The summed E-state index contributed by atoms with van der Waals surface area (Å²) in [5.41, 5.74) is 1.94. The van der Waals surface area contributed by atoms with E-state index < -0.39 is 12.1 Å². The van der Waals surface area contributed by atoms with Crippen LogP contribution in [0.25, 0.3) is 11.4 Å². The Balaban J connectivity index is 1.70. The second-order valence-electron chi connectivity index (χ2n) is 8.96. The van der Waals surface area contributed by atoms with Gasteiger partial charge < -0.3 is 14.6 Å². The van der Waals surface area contributed by atoms with E-state index in [9.17, 15) is 4.79 Å². The van der Waals surface area contributed by atoms with Gasteiger partial charge in [-0.15, -0.1) is 0 Å². The molecule has 2 heterocycles. The van der Waals surface area contributed by atoms with Gasteiger partial charge in [0, 0.05) is 18.0 Å². The average Bonchev–Trinajstić information content (AvgIpc) is 3.21. The first-order valence-electron chi connectivity index (χ1n) is 10.5. The normalized spacial score (nSPS) is 13.6. The number of amides is 1. The minimum Gasteiger partial charge on any atom is -0.481 e. The molecule has 0 aliphatic rings. The molecule has 0 radical (unpaired) electrons. The number of pyridine rings is 1. The van der Waals surface area contributed by atoms with Crippen LogP contribution < -0.4 is 10.1 Å². The molecular formula is C24H30N4O3. The molecule has 0 spiro atoms. The number of rotatable bonds is 7. The van der Waals surface area contributed by atoms with Crippen molar-refractivity contribution >= 4 is 5.91 Å². The summed E-state index contributed by atoms with van der Waals surface area (Å²) in [6, 6.07) is 11.0. The first kappa shape index (κ1) is 22.5. The molecule has 0 bridgehead atoms. The summed E-state index contributed by atoms with van der Waals surface area (Å²) in [6.45, 7) is 12.1. The molecular weight excluding hydrogens is 392 g/mol. The molecule has 0 aliphatic carbocycles. The quantitative estimate of drug-likeness (QED) is 0.593. The summed E-state index contributed by atoms with van der Waals surface area (Å²) in [5.74, 6) is 1.28. The van der Waals surface area contributed by atoms with Gasteiger partial charge in [0.2, 0.25) is 11.7 Å². The zero-order valence-corrected chi connectivity index (χ0v) is 18.9. The van der Waals surface area contributed by atoms with Gasteiger partial charge >= 0.3 is 0 Å². The van der Waals surface area contributed by atoms with Gasteiger partial charge in [-0.1, -0.05) is 51.9 Å². The zero-order valence-electron chi connectivity index (χ0n) is 18.9. The predicted octanol–water partition coefficient (Wildman–Crippen LogP) is 4.71. The van der Waals surface area contributed by atoms with Crippen molar-refractivity contribution in [1.82, 2.24) is 20.4 Å². The van der Waals surface area contributed by atoms with Gasteiger partial charge in [-0.25, -0.2) is 0 Å². The Morgan fingerprint density at radius 1 is 1.10 bits per heavy atom.